The molecule has 0 saturated heterocycles. The number of alkyl halides is 3. The Bertz CT molecular complexity index is 226. The van der Waals surface area contributed by atoms with Crippen LogP contribution in [0.3, 0.4) is 0 Å². The number of hydrogen-bond acceptors (Lipinski definition) is 2. The summed E-state index contributed by atoms with van der Waals surface area (Å²) in [5.41, 5.74) is 0. The summed E-state index contributed by atoms with van der Waals surface area (Å²) >= 11 is 0. The fourth-order valence-electron chi connectivity index (χ4n) is 1.15. The number of aliphatic imine (C=N–C) groups is 1. The minimum atomic E-state index is -4.13. The Balaban J connectivity index is 3.65. The van der Waals surface area contributed by atoms with Gasteiger partial charge in [0.1, 0.15) is 0 Å². The smallest absolute Gasteiger partial charge is 0.356 e. The second-order valence-corrected chi connectivity index (χ2v) is 3.95. The normalized spacial score (nSPS) is 13.0. The van der Waals surface area contributed by atoms with E-state index in [1.165, 1.54) is 7.05 Å². The Labute approximate surface area is 100 Å². The first-order valence-electron chi connectivity index (χ1n) is 5.51. The molecule has 0 aliphatic rings. The van der Waals surface area contributed by atoms with E-state index in [4.69, 9.17) is 0 Å². The highest BCUT2D eigenvalue weighted by Gasteiger charge is 2.26. The highest BCUT2D eigenvalue weighted by atomic mass is 19.4. The van der Waals surface area contributed by atoms with Crippen LogP contribution in [0.1, 0.15) is 12.8 Å². The first-order valence-corrected chi connectivity index (χ1v) is 5.51. The van der Waals surface area contributed by atoms with Gasteiger partial charge in [-0.2, -0.15) is 13.2 Å². The summed E-state index contributed by atoms with van der Waals surface area (Å²) < 4.78 is 35.7. The molecular formula is C10H21F3N4. The molecular weight excluding hydrogens is 233 g/mol. The fourth-order valence-corrected chi connectivity index (χ4v) is 1.15. The maximum Gasteiger partial charge on any atom is 0.390 e. The van der Waals surface area contributed by atoms with Crippen LogP contribution in [0.15, 0.2) is 4.99 Å². The number of nitrogens with one attached hydrogen (secondary N) is 2. The summed E-state index contributed by atoms with van der Waals surface area (Å²) in [7, 11) is 5.47. The number of halogens is 3. The van der Waals surface area contributed by atoms with Crippen LogP contribution >= 0.6 is 0 Å². The van der Waals surface area contributed by atoms with Crippen molar-refractivity contribution in [1.29, 1.82) is 0 Å². The highest BCUT2D eigenvalue weighted by molar-refractivity contribution is 5.79. The lowest BCUT2D eigenvalue weighted by Gasteiger charge is -2.14. The van der Waals surface area contributed by atoms with Crippen molar-refractivity contribution >= 4 is 5.96 Å². The standard InChI is InChI=1S/C10H21F3N4/c1-14-9(15-6-4-8-17(2)3)16-7-5-10(11,12)13/h4-8H2,1-3H3,(H2,14,15,16). The topological polar surface area (TPSA) is 39.7 Å². The molecule has 0 aliphatic heterocycles. The van der Waals surface area contributed by atoms with Gasteiger partial charge in [0, 0.05) is 20.1 Å². The molecule has 0 aromatic heterocycles. The molecule has 0 unspecified atom stereocenters. The Kier molecular flexibility index (Phi) is 7.69. The molecule has 2 N–H and O–H groups in total. The van der Waals surface area contributed by atoms with Crippen LogP contribution < -0.4 is 10.6 Å². The summed E-state index contributed by atoms with van der Waals surface area (Å²) in [6, 6.07) is 0. The summed E-state index contributed by atoms with van der Waals surface area (Å²) in [6.07, 6.45) is -4.07. The molecule has 0 heterocycles. The summed E-state index contributed by atoms with van der Waals surface area (Å²) in [6.45, 7) is 1.45. The van der Waals surface area contributed by atoms with E-state index >= 15 is 0 Å². The van der Waals surface area contributed by atoms with E-state index in [1.54, 1.807) is 0 Å². The van der Waals surface area contributed by atoms with Crippen LogP contribution in [0, 0.1) is 0 Å². The third kappa shape index (κ3) is 11.3. The van der Waals surface area contributed by atoms with Gasteiger partial charge in [-0.1, -0.05) is 0 Å². The van der Waals surface area contributed by atoms with Crippen molar-refractivity contribution in [3.63, 3.8) is 0 Å². The molecule has 4 nitrogen and oxygen atoms in total. The largest absolute Gasteiger partial charge is 0.390 e. The van der Waals surface area contributed by atoms with Crippen molar-refractivity contribution < 1.29 is 13.2 Å². The van der Waals surface area contributed by atoms with Gasteiger partial charge in [0.15, 0.2) is 5.96 Å². The molecule has 0 radical (unpaired) electrons. The van der Waals surface area contributed by atoms with Crippen LogP contribution in [-0.2, 0) is 0 Å². The van der Waals surface area contributed by atoms with Crippen molar-refractivity contribution in [1.82, 2.24) is 15.5 Å². The molecule has 0 aliphatic carbocycles. The molecule has 17 heavy (non-hydrogen) atoms. The quantitative estimate of drug-likeness (QED) is 0.423. The Morgan fingerprint density at radius 3 is 2.24 bits per heavy atom. The van der Waals surface area contributed by atoms with E-state index in [0.29, 0.717) is 12.5 Å². The van der Waals surface area contributed by atoms with Crippen molar-refractivity contribution in [3.8, 4) is 0 Å². The van der Waals surface area contributed by atoms with E-state index in [-0.39, 0.29) is 6.54 Å². The van der Waals surface area contributed by atoms with Gasteiger partial charge in [0.25, 0.3) is 0 Å². The third-order valence-corrected chi connectivity index (χ3v) is 2.00. The molecule has 0 spiro atoms. The summed E-state index contributed by atoms with van der Waals surface area (Å²) in [5, 5.41) is 5.58. The maximum atomic E-state index is 11.9. The van der Waals surface area contributed by atoms with E-state index < -0.39 is 12.6 Å². The van der Waals surface area contributed by atoms with Gasteiger partial charge in [-0.3, -0.25) is 4.99 Å². The molecule has 102 valence electrons. The van der Waals surface area contributed by atoms with Crippen molar-refractivity contribution in [3.05, 3.63) is 0 Å². The third-order valence-electron chi connectivity index (χ3n) is 2.00. The lowest BCUT2D eigenvalue weighted by molar-refractivity contribution is -0.132. The average molecular weight is 254 g/mol. The Hall–Kier alpha value is -0.980. The number of hydrogen-bond donors (Lipinski definition) is 2. The molecule has 0 rings (SSSR count). The zero-order chi connectivity index (χ0) is 13.3. The summed E-state index contributed by atoms with van der Waals surface area (Å²) in [5.74, 6) is 0.410. The second kappa shape index (κ2) is 8.16. The van der Waals surface area contributed by atoms with Gasteiger partial charge >= 0.3 is 6.18 Å². The van der Waals surface area contributed by atoms with Gasteiger partial charge in [0.2, 0.25) is 0 Å². The van der Waals surface area contributed by atoms with Crippen LogP contribution in [0.25, 0.3) is 0 Å². The van der Waals surface area contributed by atoms with Crippen molar-refractivity contribution in [2.24, 2.45) is 4.99 Å². The minimum absolute atomic E-state index is 0.156. The zero-order valence-electron chi connectivity index (χ0n) is 10.6. The summed E-state index contributed by atoms with van der Waals surface area (Å²) in [4.78, 5) is 5.88. The van der Waals surface area contributed by atoms with Crippen LogP contribution in [0.5, 0.6) is 0 Å². The molecule has 0 saturated carbocycles. The molecule has 0 aromatic carbocycles. The number of rotatable bonds is 6. The van der Waals surface area contributed by atoms with Gasteiger partial charge in [-0.15, -0.1) is 0 Å². The average Bonchev–Trinajstić information content (AvgIpc) is 2.19. The van der Waals surface area contributed by atoms with Crippen LogP contribution in [0.2, 0.25) is 0 Å². The zero-order valence-corrected chi connectivity index (χ0v) is 10.6. The minimum Gasteiger partial charge on any atom is -0.356 e. The maximum absolute atomic E-state index is 11.9. The molecule has 0 amide bonds. The first kappa shape index (κ1) is 16.0. The Morgan fingerprint density at radius 2 is 1.76 bits per heavy atom. The van der Waals surface area contributed by atoms with Crippen LogP contribution in [-0.4, -0.2) is 57.8 Å². The van der Waals surface area contributed by atoms with E-state index in [0.717, 1.165) is 13.0 Å². The fraction of sp³-hybridized carbons (Fsp3) is 0.900. The molecule has 0 aromatic rings. The molecule has 0 bridgehead atoms. The lowest BCUT2D eigenvalue weighted by Crippen LogP contribution is -2.39. The van der Waals surface area contributed by atoms with Gasteiger partial charge in [0.05, 0.1) is 6.42 Å². The predicted molar refractivity (Wildman–Crippen MR) is 63.2 cm³/mol. The lowest BCUT2D eigenvalue weighted by atomic mass is 10.4. The predicted octanol–water partition coefficient (Wildman–Crippen LogP) is 1.06. The van der Waals surface area contributed by atoms with E-state index in [2.05, 4.69) is 15.6 Å². The highest BCUT2D eigenvalue weighted by Crippen LogP contribution is 2.17. The second-order valence-electron chi connectivity index (χ2n) is 3.95. The molecule has 0 fully saturated rings. The van der Waals surface area contributed by atoms with E-state index in [1.807, 2.05) is 19.0 Å². The SMILES string of the molecule is CN=C(NCCCN(C)C)NCCC(F)(F)F. The van der Waals surface area contributed by atoms with Gasteiger partial charge in [-0.25, -0.2) is 0 Å². The Morgan fingerprint density at radius 1 is 1.18 bits per heavy atom. The molecule has 7 heteroatoms. The number of guanidine groups is 1. The first-order chi connectivity index (χ1) is 7.85. The van der Waals surface area contributed by atoms with Gasteiger partial charge < -0.3 is 15.5 Å². The van der Waals surface area contributed by atoms with E-state index in [9.17, 15) is 13.2 Å². The molecule has 0 atom stereocenters. The van der Waals surface area contributed by atoms with Crippen molar-refractivity contribution in [2.45, 2.75) is 19.0 Å². The van der Waals surface area contributed by atoms with Crippen LogP contribution in [0.4, 0.5) is 13.2 Å². The van der Waals surface area contributed by atoms with Crippen molar-refractivity contribution in [2.75, 3.05) is 40.8 Å². The number of nitrogens with zero attached hydrogens (tertiary/aromatic N) is 2. The van der Waals surface area contributed by atoms with Gasteiger partial charge in [-0.05, 0) is 27.1 Å². The monoisotopic (exact) mass is 254 g/mol.